The van der Waals surface area contributed by atoms with Gasteiger partial charge in [-0.1, -0.05) is 11.6 Å². The lowest BCUT2D eigenvalue weighted by Gasteiger charge is -1.92. The minimum Gasteiger partial charge on any atom is -0.289 e. The molecular weight excluding hydrogens is 256 g/mol. The number of halogens is 1. The summed E-state index contributed by atoms with van der Waals surface area (Å²) in [4.78, 5) is 13.3. The van der Waals surface area contributed by atoms with Crippen molar-refractivity contribution in [2.45, 2.75) is 0 Å². The van der Waals surface area contributed by atoms with E-state index in [2.05, 4.69) is 15.0 Å². The van der Waals surface area contributed by atoms with Gasteiger partial charge >= 0.3 is 0 Å². The molecule has 4 nitrogen and oxygen atoms in total. The lowest BCUT2D eigenvalue weighted by atomic mass is 10.3. The van der Waals surface area contributed by atoms with Gasteiger partial charge in [0.25, 0.3) is 0 Å². The maximum absolute atomic E-state index is 6.06. The maximum atomic E-state index is 6.06. The van der Waals surface area contributed by atoms with Crippen molar-refractivity contribution in [1.29, 1.82) is 0 Å². The van der Waals surface area contributed by atoms with Crippen molar-refractivity contribution < 1.29 is 0 Å². The average molecular weight is 263 g/mol. The van der Waals surface area contributed by atoms with E-state index in [9.17, 15) is 0 Å². The van der Waals surface area contributed by atoms with Gasteiger partial charge in [-0.25, -0.2) is 4.98 Å². The van der Waals surface area contributed by atoms with E-state index in [1.165, 1.54) is 0 Å². The fourth-order valence-electron chi connectivity index (χ4n) is 1.49. The number of hydrogen-bond donors (Lipinski definition) is 0. The smallest absolute Gasteiger partial charge is 0.195 e. The molecule has 0 bridgehead atoms. The minimum atomic E-state index is 0.497. The molecule has 0 saturated heterocycles. The van der Waals surface area contributed by atoms with Gasteiger partial charge in [0, 0.05) is 24.0 Å². The highest BCUT2D eigenvalue weighted by molar-refractivity contribution is 7.15. The summed E-state index contributed by atoms with van der Waals surface area (Å²) in [6.07, 6.45) is 10.7. The first-order valence-electron chi connectivity index (χ1n) is 4.90. The first-order valence-corrected chi connectivity index (χ1v) is 6.15. The van der Waals surface area contributed by atoms with E-state index < -0.39 is 0 Å². The fraction of sp³-hybridized carbons (Fsp3) is 0. The molecule has 0 radical (unpaired) electrons. The van der Waals surface area contributed by atoms with Gasteiger partial charge in [-0.15, -0.1) is 11.3 Å². The molecule has 17 heavy (non-hydrogen) atoms. The summed E-state index contributed by atoms with van der Waals surface area (Å²) < 4.78 is 1.94. The molecule has 84 valence electrons. The zero-order valence-corrected chi connectivity index (χ0v) is 10.2. The van der Waals surface area contributed by atoms with Crippen molar-refractivity contribution in [3.63, 3.8) is 0 Å². The van der Waals surface area contributed by atoms with Crippen molar-refractivity contribution in [2.24, 2.45) is 0 Å². The van der Waals surface area contributed by atoms with Gasteiger partial charge < -0.3 is 0 Å². The van der Waals surface area contributed by atoms with Crippen LogP contribution in [0.2, 0.25) is 5.15 Å². The summed E-state index contributed by atoms with van der Waals surface area (Å²) in [5, 5.41) is 2.47. The van der Waals surface area contributed by atoms with Crippen LogP contribution in [-0.4, -0.2) is 19.4 Å². The minimum absolute atomic E-state index is 0.497. The van der Waals surface area contributed by atoms with E-state index in [0.29, 0.717) is 5.15 Å². The molecule has 0 amide bonds. The van der Waals surface area contributed by atoms with Crippen LogP contribution in [0, 0.1) is 0 Å². The zero-order valence-electron chi connectivity index (χ0n) is 8.62. The van der Waals surface area contributed by atoms with Gasteiger partial charge in [-0.2, -0.15) is 0 Å². The number of imidazole rings is 1. The van der Waals surface area contributed by atoms with Crippen LogP contribution in [-0.2, 0) is 0 Å². The van der Waals surface area contributed by atoms with Crippen LogP contribution in [0.1, 0.15) is 11.4 Å². The monoisotopic (exact) mass is 262 g/mol. The highest BCUT2D eigenvalue weighted by Crippen LogP contribution is 2.22. The summed E-state index contributed by atoms with van der Waals surface area (Å²) in [6, 6.07) is 0. The van der Waals surface area contributed by atoms with E-state index in [4.69, 9.17) is 11.6 Å². The Labute approximate surface area is 106 Å². The third-order valence-electron chi connectivity index (χ3n) is 2.25. The van der Waals surface area contributed by atoms with Gasteiger partial charge in [0.05, 0.1) is 17.6 Å². The van der Waals surface area contributed by atoms with Crippen LogP contribution in [0.4, 0.5) is 0 Å². The number of rotatable bonds is 2. The standard InChI is InChI=1S/C11H7ClN4S/c12-10-9(16-5-6-17-11(16)15-10)2-1-8-7-13-3-4-14-8/h1-7H/b2-1+. The first-order chi connectivity index (χ1) is 8.34. The van der Waals surface area contributed by atoms with Gasteiger partial charge in [-0.05, 0) is 12.2 Å². The average Bonchev–Trinajstić information content (AvgIpc) is 2.89. The lowest BCUT2D eigenvalue weighted by Crippen LogP contribution is -1.83. The zero-order chi connectivity index (χ0) is 11.7. The maximum Gasteiger partial charge on any atom is 0.195 e. The van der Waals surface area contributed by atoms with E-state index >= 15 is 0 Å². The molecule has 0 aliphatic heterocycles. The molecule has 0 aromatic carbocycles. The largest absolute Gasteiger partial charge is 0.289 e. The summed E-state index contributed by atoms with van der Waals surface area (Å²) in [7, 11) is 0. The molecule has 0 atom stereocenters. The van der Waals surface area contributed by atoms with Crippen LogP contribution < -0.4 is 0 Å². The number of nitrogens with zero attached hydrogens (tertiary/aromatic N) is 4. The van der Waals surface area contributed by atoms with E-state index in [0.717, 1.165) is 16.3 Å². The highest BCUT2D eigenvalue weighted by atomic mass is 35.5. The van der Waals surface area contributed by atoms with Gasteiger partial charge in [0.15, 0.2) is 10.1 Å². The van der Waals surface area contributed by atoms with Crippen LogP contribution in [0.3, 0.4) is 0 Å². The van der Waals surface area contributed by atoms with Gasteiger partial charge in [0.1, 0.15) is 0 Å². The number of hydrogen-bond acceptors (Lipinski definition) is 4. The van der Waals surface area contributed by atoms with E-state index in [1.807, 2.05) is 28.1 Å². The Morgan fingerprint density at radius 2 is 2.24 bits per heavy atom. The molecular formula is C11H7ClN4S. The van der Waals surface area contributed by atoms with Crippen molar-refractivity contribution in [1.82, 2.24) is 19.4 Å². The Bertz CT molecular complexity index is 671. The molecule has 0 fully saturated rings. The fourth-order valence-corrected chi connectivity index (χ4v) is 2.49. The van der Waals surface area contributed by atoms with Crippen molar-refractivity contribution in [3.05, 3.63) is 46.7 Å². The molecule has 0 aliphatic rings. The Morgan fingerprint density at radius 3 is 3.06 bits per heavy atom. The third kappa shape index (κ3) is 1.94. The molecule has 0 saturated carbocycles. The van der Waals surface area contributed by atoms with Crippen molar-refractivity contribution in [2.75, 3.05) is 0 Å². The number of thiazole rings is 1. The van der Waals surface area contributed by atoms with Crippen LogP contribution in [0.15, 0.2) is 30.2 Å². The van der Waals surface area contributed by atoms with Gasteiger partial charge in [-0.3, -0.25) is 14.4 Å². The quantitative estimate of drug-likeness (QED) is 0.713. The normalized spacial score (nSPS) is 11.6. The molecule has 3 rings (SSSR count). The van der Waals surface area contributed by atoms with Gasteiger partial charge in [0.2, 0.25) is 0 Å². The Morgan fingerprint density at radius 1 is 1.29 bits per heavy atom. The summed E-state index contributed by atoms with van der Waals surface area (Å²) in [5.41, 5.74) is 1.64. The van der Waals surface area contributed by atoms with Crippen molar-refractivity contribution in [3.8, 4) is 0 Å². The number of aromatic nitrogens is 4. The molecule has 3 aromatic rings. The molecule has 3 heterocycles. The lowest BCUT2D eigenvalue weighted by molar-refractivity contribution is 1.18. The third-order valence-corrected chi connectivity index (χ3v) is 3.28. The predicted octanol–water partition coefficient (Wildman–Crippen LogP) is 3.01. The molecule has 0 N–H and O–H groups in total. The van der Waals surface area contributed by atoms with E-state index in [1.54, 1.807) is 29.9 Å². The molecule has 3 aromatic heterocycles. The molecule has 6 heteroatoms. The Kier molecular flexibility index (Phi) is 2.62. The summed E-state index contributed by atoms with van der Waals surface area (Å²) >= 11 is 7.61. The second kappa shape index (κ2) is 4.27. The van der Waals surface area contributed by atoms with Crippen LogP contribution >= 0.6 is 22.9 Å². The Balaban J connectivity index is 2.02. The molecule has 0 aliphatic carbocycles. The summed E-state index contributed by atoms with van der Waals surface area (Å²) in [6.45, 7) is 0. The van der Waals surface area contributed by atoms with Crippen LogP contribution in [0.25, 0.3) is 17.1 Å². The first kappa shape index (κ1) is 10.4. The highest BCUT2D eigenvalue weighted by Gasteiger charge is 2.07. The predicted molar refractivity (Wildman–Crippen MR) is 69.0 cm³/mol. The topological polar surface area (TPSA) is 43.1 Å². The van der Waals surface area contributed by atoms with Crippen LogP contribution in [0.5, 0.6) is 0 Å². The SMILES string of the molecule is Clc1nc2sccn2c1/C=C/c1cnccn1. The van der Waals surface area contributed by atoms with E-state index in [-0.39, 0.29) is 0 Å². The second-order valence-electron chi connectivity index (χ2n) is 3.31. The Hall–Kier alpha value is -1.72. The van der Waals surface area contributed by atoms with Crippen molar-refractivity contribution >= 4 is 40.1 Å². The summed E-state index contributed by atoms with van der Waals surface area (Å²) in [5.74, 6) is 0. The molecule has 0 spiro atoms. The second-order valence-corrected chi connectivity index (χ2v) is 4.54. The molecule has 0 unspecified atom stereocenters. The number of fused-ring (bicyclic) bond motifs is 1.